The predicted octanol–water partition coefficient (Wildman–Crippen LogP) is 6.58. The standard InChI is InChI=1S/C24H20P.F4HP/c1-5-13-21(14-6-1)25(22-15-7-2-8-16-22,23-17-9-3-10-18-23)24-19-11-4-12-20-24;1-5(2,3)4/h1-20H;5H/q+1;-1. The molecule has 0 bridgehead atoms. The first kappa shape index (κ1) is 22.2. The summed E-state index contributed by atoms with van der Waals surface area (Å²) in [7, 11) is -8.52. The molecule has 0 N–H and O–H groups in total. The van der Waals surface area contributed by atoms with Gasteiger partial charge in [0.05, 0.1) is 0 Å². The van der Waals surface area contributed by atoms with E-state index >= 15 is 0 Å². The van der Waals surface area contributed by atoms with Crippen LogP contribution in [-0.2, 0) is 0 Å². The minimum Gasteiger partial charge on any atom is -0.0620 e. The van der Waals surface area contributed by atoms with E-state index in [1.54, 1.807) is 0 Å². The van der Waals surface area contributed by atoms with Crippen molar-refractivity contribution in [3.8, 4) is 0 Å². The third kappa shape index (κ3) is 5.33. The molecule has 0 amide bonds. The first-order chi connectivity index (χ1) is 14.4. The maximum Gasteiger partial charge on any atom is 0.144 e. The number of hydrogen-bond donors (Lipinski definition) is 0. The number of rotatable bonds is 4. The zero-order chi connectivity index (χ0) is 21.5. The molecular formula is C24H21F4P2. The van der Waals surface area contributed by atoms with Crippen molar-refractivity contribution >= 4 is 37.0 Å². The van der Waals surface area contributed by atoms with Crippen molar-refractivity contribution in [2.45, 2.75) is 0 Å². The van der Waals surface area contributed by atoms with Crippen LogP contribution in [-0.4, -0.2) is 0 Å². The van der Waals surface area contributed by atoms with Gasteiger partial charge in [-0.3, -0.25) is 0 Å². The van der Waals surface area contributed by atoms with Gasteiger partial charge in [0.15, 0.2) is 0 Å². The van der Waals surface area contributed by atoms with Gasteiger partial charge in [0.25, 0.3) is 0 Å². The van der Waals surface area contributed by atoms with Gasteiger partial charge in [-0.15, -0.1) is 0 Å². The quantitative estimate of drug-likeness (QED) is 0.245. The molecule has 0 aliphatic heterocycles. The molecule has 0 aliphatic carbocycles. The molecule has 155 valence electrons. The van der Waals surface area contributed by atoms with Crippen molar-refractivity contribution in [3.05, 3.63) is 121 Å². The molecule has 0 heterocycles. The molecule has 4 rings (SSSR count). The average molecular weight is 447 g/mol. The molecular weight excluding hydrogens is 426 g/mol. The molecule has 30 heavy (non-hydrogen) atoms. The first-order valence-corrected chi connectivity index (χ1v) is 12.6. The van der Waals surface area contributed by atoms with Crippen LogP contribution >= 0.6 is 15.8 Å². The monoisotopic (exact) mass is 447 g/mol. The maximum atomic E-state index is 9.83. The predicted molar refractivity (Wildman–Crippen MR) is 124 cm³/mol. The zero-order valence-electron chi connectivity index (χ0n) is 16.0. The van der Waals surface area contributed by atoms with E-state index in [4.69, 9.17) is 0 Å². The van der Waals surface area contributed by atoms with Crippen LogP contribution in [0.25, 0.3) is 0 Å². The molecule has 0 radical (unpaired) electrons. The van der Waals surface area contributed by atoms with Crippen LogP contribution in [0.4, 0.5) is 16.8 Å². The molecule has 6 heteroatoms. The summed E-state index contributed by atoms with van der Waals surface area (Å²) < 4.78 is 39.3. The van der Waals surface area contributed by atoms with E-state index in [9.17, 15) is 16.8 Å². The third-order valence-electron chi connectivity index (χ3n) is 4.57. The van der Waals surface area contributed by atoms with Crippen molar-refractivity contribution in [2.24, 2.45) is 0 Å². The summed E-state index contributed by atoms with van der Waals surface area (Å²) in [5.41, 5.74) is 0. The number of halogens is 4. The van der Waals surface area contributed by atoms with Gasteiger partial charge >= 0.3 is 25.3 Å². The second-order valence-corrected chi connectivity index (χ2v) is 10.7. The summed E-state index contributed by atoms with van der Waals surface area (Å²) in [6.07, 6.45) is 0. The van der Waals surface area contributed by atoms with Crippen LogP contribution in [0.3, 0.4) is 0 Å². The smallest absolute Gasteiger partial charge is 0.0620 e. The molecule has 0 aliphatic rings. The van der Waals surface area contributed by atoms with Crippen molar-refractivity contribution in [1.29, 1.82) is 0 Å². The van der Waals surface area contributed by atoms with Crippen molar-refractivity contribution in [1.82, 2.24) is 0 Å². The van der Waals surface area contributed by atoms with Crippen LogP contribution < -0.4 is 21.2 Å². The van der Waals surface area contributed by atoms with E-state index < -0.39 is 15.8 Å². The van der Waals surface area contributed by atoms with Crippen molar-refractivity contribution in [3.63, 3.8) is 0 Å². The van der Waals surface area contributed by atoms with Crippen LogP contribution in [0.15, 0.2) is 121 Å². The maximum absolute atomic E-state index is 9.83. The Hall–Kier alpha value is -2.54. The summed E-state index contributed by atoms with van der Waals surface area (Å²) in [4.78, 5) is 0. The number of hydrogen-bond acceptors (Lipinski definition) is 0. The Morgan fingerprint density at radius 2 is 0.533 bits per heavy atom. The molecule has 0 atom stereocenters. The van der Waals surface area contributed by atoms with E-state index in [0.29, 0.717) is 0 Å². The van der Waals surface area contributed by atoms with Crippen LogP contribution in [0, 0.1) is 0 Å². The fourth-order valence-corrected chi connectivity index (χ4v) is 7.77. The van der Waals surface area contributed by atoms with Gasteiger partial charge in [-0.2, -0.15) is 0 Å². The van der Waals surface area contributed by atoms with Gasteiger partial charge in [0.2, 0.25) is 0 Å². The Balaban J connectivity index is 0.000000461. The van der Waals surface area contributed by atoms with E-state index in [1.807, 2.05) is 0 Å². The van der Waals surface area contributed by atoms with Crippen molar-refractivity contribution < 1.29 is 16.8 Å². The average Bonchev–Trinajstić information content (AvgIpc) is 2.76. The molecule has 0 unspecified atom stereocenters. The topological polar surface area (TPSA) is 0 Å². The van der Waals surface area contributed by atoms with Crippen LogP contribution in [0.5, 0.6) is 0 Å². The minimum atomic E-state index is -6.61. The van der Waals surface area contributed by atoms with E-state index in [1.165, 1.54) is 21.2 Å². The molecule has 0 saturated heterocycles. The Bertz CT molecular complexity index is 853. The summed E-state index contributed by atoms with van der Waals surface area (Å²) in [6, 6.07) is 43.8. The van der Waals surface area contributed by atoms with Crippen LogP contribution in [0.2, 0.25) is 0 Å². The van der Waals surface area contributed by atoms with Gasteiger partial charge in [-0.05, 0) is 48.5 Å². The number of benzene rings is 4. The third-order valence-corrected chi connectivity index (χ3v) is 8.86. The Labute approximate surface area is 175 Å². The molecule has 4 aromatic carbocycles. The Morgan fingerprint density at radius 3 is 0.700 bits per heavy atom. The van der Waals surface area contributed by atoms with Crippen LogP contribution in [0.1, 0.15) is 0 Å². The van der Waals surface area contributed by atoms with E-state index in [2.05, 4.69) is 121 Å². The molecule has 0 spiro atoms. The SMILES string of the molecule is F[PH-](F)(F)F.c1ccc([P+](c2ccccc2)(c2ccccc2)c2ccccc2)cc1. The Morgan fingerprint density at radius 1 is 0.367 bits per heavy atom. The second-order valence-electron chi connectivity index (χ2n) is 6.44. The molecule has 4 aromatic rings. The zero-order valence-corrected chi connectivity index (χ0v) is 17.9. The normalized spacial score (nSPS) is 11.9. The largest absolute Gasteiger partial charge is 0.144 e. The summed E-state index contributed by atoms with van der Waals surface area (Å²) in [5.74, 6) is 0. The summed E-state index contributed by atoms with van der Waals surface area (Å²) in [5, 5.41) is 5.55. The minimum absolute atomic E-state index is 1.39. The van der Waals surface area contributed by atoms with Gasteiger partial charge in [0.1, 0.15) is 28.5 Å². The fourth-order valence-electron chi connectivity index (χ4n) is 3.50. The molecule has 0 saturated carbocycles. The molecule has 0 fully saturated rings. The van der Waals surface area contributed by atoms with E-state index in [0.717, 1.165) is 0 Å². The summed E-state index contributed by atoms with van der Waals surface area (Å²) in [6.45, 7) is 0. The van der Waals surface area contributed by atoms with E-state index in [-0.39, 0.29) is 0 Å². The molecule has 0 aromatic heterocycles. The summed E-state index contributed by atoms with van der Waals surface area (Å²) >= 11 is 0. The fraction of sp³-hybridized carbons (Fsp3) is 0. The first-order valence-electron chi connectivity index (χ1n) is 9.29. The Kier molecular flexibility index (Phi) is 7.37. The van der Waals surface area contributed by atoms with Gasteiger partial charge in [0, 0.05) is 0 Å². The van der Waals surface area contributed by atoms with Crippen molar-refractivity contribution in [2.75, 3.05) is 0 Å². The van der Waals surface area contributed by atoms with Gasteiger partial charge in [-0.25, -0.2) is 0 Å². The second kappa shape index (κ2) is 9.98. The van der Waals surface area contributed by atoms with Gasteiger partial charge < -0.3 is 0 Å². The van der Waals surface area contributed by atoms with Gasteiger partial charge in [-0.1, -0.05) is 72.8 Å². The molecule has 0 nitrogen and oxygen atoms in total.